The van der Waals surface area contributed by atoms with Gasteiger partial charge in [-0.05, 0) is 32.8 Å². The second-order valence-electron chi connectivity index (χ2n) is 5.19. The van der Waals surface area contributed by atoms with Gasteiger partial charge in [0.1, 0.15) is 0 Å². The molecule has 0 bridgehead atoms. The molecule has 0 radical (unpaired) electrons. The van der Waals surface area contributed by atoms with Crippen molar-refractivity contribution in [2.45, 2.75) is 38.7 Å². The van der Waals surface area contributed by atoms with Crippen LogP contribution < -0.4 is 0 Å². The third-order valence-electron chi connectivity index (χ3n) is 2.92. The summed E-state index contributed by atoms with van der Waals surface area (Å²) in [7, 11) is 0. The van der Waals surface area contributed by atoms with Crippen molar-refractivity contribution < 1.29 is 33.6 Å². The van der Waals surface area contributed by atoms with E-state index in [2.05, 4.69) is 18.0 Å². The van der Waals surface area contributed by atoms with Crippen molar-refractivity contribution in [2.75, 3.05) is 26.4 Å². The molecule has 0 aromatic rings. The zero-order valence-electron chi connectivity index (χ0n) is 13.5. The summed E-state index contributed by atoms with van der Waals surface area (Å²) in [4.78, 5) is 31.8. The van der Waals surface area contributed by atoms with Gasteiger partial charge in [-0.25, -0.2) is 9.59 Å². The molecule has 1 aliphatic rings. The zero-order chi connectivity index (χ0) is 17.1. The van der Waals surface area contributed by atoms with E-state index in [0.717, 1.165) is 25.9 Å². The number of carbonyl (C=O) groups is 2. The molecule has 1 fully saturated rings. The molecule has 7 heteroatoms. The third-order valence-corrected chi connectivity index (χ3v) is 2.92. The zero-order valence-corrected chi connectivity index (χ0v) is 13.5. The second kappa shape index (κ2) is 10.8. The van der Waals surface area contributed by atoms with Crippen LogP contribution in [0.1, 0.15) is 32.6 Å². The molecule has 0 saturated carbocycles. The molecule has 1 rings (SSSR count). The Morgan fingerprint density at radius 2 is 1.74 bits per heavy atom. The van der Waals surface area contributed by atoms with Gasteiger partial charge in [0, 0.05) is 12.0 Å². The number of unbranched alkanes of at least 4 members (excludes halogenated alkanes) is 1. The first-order valence-electron chi connectivity index (χ1n) is 7.60. The normalized spacial score (nSPS) is 15.6. The lowest BCUT2D eigenvalue weighted by Gasteiger charge is -2.08. The summed E-state index contributed by atoms with van der Waals surface area (Å²) < 4.78 is 15.1. The Balaban J connectivity index is 1.92. The Morgan fingerprint density at radius 3 is 2.39 bits per heavy atom. The van der Waals surface area contributed by atoms with Gasteiger partial charge in [0.05, 0.1) is 32.5 Å². The molecule has 0 amide bonds. The van der Waals surface area contributed by atoms with Gasteiger partial charge in [0.25, 0.3) is 0 Å². The molecule has 1 atom stereocenters. The lowest BCUT2D eigenvalue weighted by atomic mass is 10.2. The lowest BCUT2D eigenvalue weighted by molar-refractivity contribution is -0.271. The first kappa shape index (κ1) is 19.2. The molecule has 1 saturated heterocycles. The predicted molar refractivity (Wildman–Crippen MR) is 81.1 cm³/mol. The highest BCUT2D eigenvalue weighted by atomic mass is 17.2. The Hall–Kier alpha value is -1.86. The van der Waals surface area contributed by atoms with Crippen molar-refractivity contribution in [3.05, 3.63) is 24.5 Å². The standard InChI is InChI=1S/C16H24O7/c1-12(2)15(17)20-9-6-10-22-23-16(18)13(3)19-8-5-4-7-14-11-21-14/h14H,1,3-11H2,2H3. The predicted octanol–water partition coefficient (Wildman–Crippen LogP) is 2.07. The topological polar surface area (TPSA) is 83.6 Å². The third kappa shape index (κ3) is 9.70. The number of carbonyl (C=O) groups excluding carboxylic acids is 2. The van der Waals surface area contributed by atoms with E-state index in [0.29, 0.717) is 24.7 Å². The summed E-state index contributed by atoms with van der Waals surface area (Å²) in [5.41, 5.74) is 0.329. The van der Waals surface area contributed by atoms with Gasteiger partial charge in [0.15, 0.2) is 5.76 Å². The van der Waals surface area contributed by atoms with Crippen LogP contribution >= 0.6 is 0 Å². The maximum Gasteiger partial charge on any atom is 0.406 e. The van der Waals surface area contributed by atoms with Gasteiger partial charge >= 0.3 is 11.9 Å². The molecular weight excluding hydrogens is 304 g/mol. The van der Waals surface area contributed by atoms with Crippen molar-refractivity contribution in [1.82, 2.24) is 0 Å². The van der Waals surface area contributed by atoms with E-state index < -0.39 is 11.9 Å². The fourth-order valence-electron chi connectivity index (χ4n) is 1.51. The summed E-state index contributed by atoms with van der Waals surface area (Å²) in [5.74, 6) is -1.33. The van der Waals surface area contributed by atoms with Crippen LogP contribution in [0.5, 0.6) is 0 Å². The highest BCUT2D eigenvalue weighted by Crippen LogP contribution is 2.16. The van der Waals surface area contributed by atoms with E-state index in [1.807, 2.05) is 0 Å². The molecule has 0 aromatic carbocycles. The monoisotopic (exact) mass is 328 g/mol. The Labute approximate surface area is 136 Å². The highest BCUT2D eigenvalue weighted by molar-refractivity contribution is 5.86. The van der Waals surface area contributed by atoms with Crippen LogP contribution in [-0.2, 0) is 33.6 Å². The van der Waals surface area contributed by atoms with E-state index in [4.69, 9.17) is 19.1 Å². The summed E-state index contributed by atoms with van der Waals surface area (Å²) in [5, 5.41) is 0. The van der Waals surface area contributed by atoms with Crippen molar-refractivity contribution in [3.8, 4) is 0 Å². The average Bonchev–Trinajstić information content (AvgIpc) is 3.33. The van der Waals surface area contributed by atoms with E-state index in [1.54, 1.807) is 6.92 Å². The molecule has 0 N–H and O–H groups in total. The molecule has 1 heterocycles. The minimum absolute atomic E-state index is 0.0959. The largest absolute Gasteiger partial charge is 0.487 e. The quantitative estimate of drug-likeness (QED) is 0.0973. The minimum Gasteiger partial charge on any atom is -0.487 e. The molecular formula is C16H24O7. The van der Waals surface area contributed by atoms with Gasteiger partial charge < -0.3 is 14.2 Å². The number of epoxide rings is 1. The smallest absolute Gasteiger partial charge is 0.406 e. The average molecular weight is 328 g/mol. The highest BCUT2D eigenvalue weighted by Gasteiger charge is 2.21. The van der Waals surface area contributed by atoms with Gasteiger partial charge in [-0.3, -0.25) is 4.89 Å². The van der Waals surface area contributed by atoms with Gasteiger partial charge in [-0.1, -0.05) is 6.58 Å². The first-order valence-corrected chi connectivity index (χ1v) is 7.60. The minimum atomic E-state index is -0.769. The molecule has 23 heavy (non-hydrogen) atoms. The maximum atomic E-state index is 11.5. The van der Waals surface area contributed by atoms with E-state index in [-0.39, 0.29) is 19.0 Å². The van der Waals surface area contributed by atoms with Crippen LogP contribution in [0.4, 0.5) is 0 Å². The van der Waals surface area contributed by atoms with E-state index >= 15 is 0 Å². The Morgan fingerprint density at radius 1 is 1.04 bits per heavy atom. The Bertz CT molecular complexity index is 426. The van der Waals surface area contributed by atoms with Crippen LogP contribution in [0, 0.1) is 0 Å². The number of esters is 1. The molecule has 0 aliphatic carbocycles. The molecule has 130 valence electrons. The number of hydrogen-bond donors (Lipinski definition) is 0. The SMILES string of the molecule is C=C(C)C(=O)OCCCOOC(=O)C(=C)OCCCCC1CO1. The van der Waals surface area contributed by atoms with Crippen molar-refractivity contribution in [2.24, 2.45) is 0 Å². The lowest BCUT2D eigenvalue weighted by Crippen LogP contribution is -2.13. The van der Waals surface area contributed by atoms with Crippen LogP contribution in [0.25, 0.3) is 0 Å². The summed E-state index contributed by atoms with van der Waals surface area (Å²) in [6, 6.07) is 0. The van der Waals surface area contributed by atoms with Gasteiger partial charge in [-0.15, -0.1) is 0 Å². The number of hydrogen-bond acceptors (Lipinski definition) is 7. The van der Waals surface area contributed by atoms with Crippen LogP contribution in [0.3, 0.4) is 0 Å². The molecule has 1 aliphatic heterocycles. The first-order chi connectivity index (χ1) is 11.0. The van der Waals surface area contributed by atoms with E-state index in [1.165, 1.54) is 0 Å². The fraction of sp³-hybridized carbons (Fsp3) is 0.625. The molecule has 0 spiro atoms. The van der Waals surface area contributed by atoms with Gasteiger partial charge in [-0.2, -0.15) is 4.89 Å². The fourth-order valence-corrected chi connectivity index (χ4v) is 1.51. The van der Waals surface area contributed by atoms with Crippen molar-refractivity contribution >= 4 is 11.9 Å². The van der Waals surface area contributed by atoms with Gasteiger partial charge in [0.2, 0.25) is 0 Å². The summed E-state index contributed by atoms with van der Waals surface area (Å²) >= 11 is 0. The van der Waals surface area contributed by atoms with Crippen molar-refractivity contribution in [1.29, 1.82) is 0 Å². The van der Waals surface area contributed by atoms with E-state index in [9.17, 15) is 9.59 Å². The van der Waals surface area contributed by atoms with Crippen LogP contribution in [0.15, 0.2) is 24.5 Å². The van der Waals surface area contributed by atoms with Crippen LogP contribution in [0.2, 0.25) is 0 Å². The van der Waals surface area contributed by atoms with Crippen molar-refractivity contribution in [3.63, 3.8) is 0 Å². The Kier molecular flexibility index (Phi) is 9.01. The summed E-state index contributed by atoms with van der Waals surface area (Å²) in [6.45, 7) is 10.0. The van der Waals surface area contributed by atoms with Crippen LogP contribution in [-0.4, -0.2) is 44.5 Å². The second-order valence-corrected chi connectivity index (χ2v) is 5.19. The molecule has 1 unspecified atom stereocenters. The maximum absolute atomic E-state index is 11.5. The molecule has 0 aromatic heterocycles. The molecule has 7 nitrogen and oxygen atoms in total. The number of ether oxygens (including phenoxy) is 3. The number of rotatable bonds is 13. The summed E-state index contributed by atoms with van der Waals surface area (Å²) in [6.07, 6.45) is 3.61.